The van der Waals surface area contributed by atoms with Gasteiger partial charge in [-0.25, -0.2) is 0 Å². The SMILES string of the molecule is C#CCOc1ccccc1CNCC(C)SC. The van der Waals surface area contributed by atoms with E-state index in [2.05, 4.69) is 30.5 Å². The number of hydrogen-bond donors (Lipinski definition) is 1. The van der Waals surface area contributed by atoms with Crippen molar-refractivity contribution in [3.8, 4) is 18.1 Å². The second-order valence-corrected chi connectivity index (χ2v) is 5.05. The van der Waals surface area contributed by atoms with E-state index in [-0.39, 0.29) is 0 Å². The summed E-state index contributed by atoms with van der Waals surface area (Å²) in [6.07, 6.45) is 7.31. The molecular weight excluding hydrogens is 230 g/mol. The van der Waals surface area contributed by atoms with Crippen LogP contribution in [0, 0.1) is 12.3 Å². The van der Waals surface area contributed by atoms with Gasteiger partial charge in [0, 0.05) is 23.9 Å². The molecule has 0 bridgehead atoms. The van der Waals surface area contributed by atoms with Crippen molar-refractivity contribution >= 4 is 11.8 Å². The van der Waals surface area contributed by atoms with Gasteiger partial charge in [-0.15, -0.1) is 6.42 Å². The molecule has 0 saturated heterocycles. The molecule has 0 heterocycles. The number of rotatable bonds is 7. The van der Waals surface area contributed by atoms with Crippen LogP contribution >= 0.6 is 11.8 Å². The van der Waals surface area contributed by atoms with Gasteiger partial charge < -0.3 is 10.1 Å². The van der Waals surface area contributed by atoms with Gasteiger partial charge in [-0.2, -0.15) is 11.8 Å². The first-order chi connectivity index (χ1) is 8.27. The molecule has 92 valence electrons. The number of para-hydroxylation sites is 1. The number of hydrogen-bond acceptors (Lipinski definition) is 3. The Morgan fingerprint density at radius 1 is 1.47 bits per heavy atom. The Balaban J connectivity index is 2.49. The molecule has 0 fully saturated rings. The summed E-state index contributed by atoms with van der Waals surface area (Å²) in [5.74, 6) is 3.35. The molecule has 1 rings (SSSR count). The molecule has 17 heavy (non-hydrogen) atoms. The Morgan fingerprint density at radius 2 is 2.24 bits per heavy atom. The summed E-state index contributed by atoms with van der Waals surface area (Å²) in [5.41, 5.74) is 1.15. The van der Waals surface area contributed by atoms with Crippen molar-refractivity contribution in [3.63, 3.8) is 0 Å². The van der Waals surface area contributed by atoms with E-state index in [0.29, 0.717) is 11.9 Å². The second kappa shape index (κ2) is 8.05. The van der Waals surface area contributed by atoms with Crippen molar-refractivity contribution in [3.05, 3.63) is 29.8 Å². The maximum absolute atomic E-state index is 5.49. The lowest BCUT2D eigenvalue weighted by atomic mass is 10.2. The number of terminal acetylenes is 1. The van der Waals surface area contributed by atoms with E-state index in [1.54, 1.807) is 0 Å². The van der Waals surface area contributed by atoms with Crippen molar-refractivity contribution in [1.82, 2.24) is 5.32 Å². The third kappa shape index (κ3) is 5.16. The van der Waals surface area contributed by atoms with Gasteiger partial charge in [-0.3, -0.25) is 0 Å². The Bertz CT molecular complexity index is 373. The molecule has 0 aromatic heterocycles. The molecule has 0 radical (unpaired) electrons. The third-order valence-corrected chi connectivity index (χ3v) is 3.40. The highest BCUT2D eigenvalue weighted by molar-refractivity contribution is 7.99. The molecule has 1 aromatic rings. The minimum atomic E-state index is 0.318. The van der Waals surface area contributed by atoms with E-state index < -0.39 is 0 Å². The predicted octanol–water partition coefficient (Wildman–Crippen LogP) is 2.54. The van der Waals surface area contributed by atoms with Crippen molar-refractivity contribution in [2.45, 2.75) is 18.7 Å². The molecule has 2 nitrogen and oxygen atoms in total. The van der Waals surface area contributed by atoms with Gasteiger partial charge in [0.05, 0.1) is 0 Å². The number of nitrogens with one attached hydrogen (secondary N) is 1. The minimum absolute atomic E-state index is 0.318. The van der Waals surface area contributed by atoms with Crippen molar-refractivity contribution < 1.29 is 4.74 Å². The van der Waals surface area contributed by atoms with Gasteiger partial charge in [0.1, 0.15) is 12.4 Å². The Hall–Kier alpha value is -1.11. The van der Waals surface area contributed by atoms with E-state index in [4.69, 9.17) is 11.2 Å². The third-order valence-electron chi connectivity index (χ3n) is 2.43. The summed E-state index contributed by atoms with van der Waals surface area (Å²) in [7, 11) is 0. The van der Waals surface area contributed by atoms with E-state index in [9.17, 15) is 0 Å². The van der Waals surface area contributed by atoms with Gasteiger partial charge >= 0.3 is 0 Å². The number of ether oxygens (including phenoxy) is 1. The van der Waals surface area contributed by atoms with Crippen molar-refractivity contribution in [1.29, 1.82) is 0 Å². The molecule has 1 atom stereocenters. The highest BCUT2D eigenvalue weighted by atomic mass is 32.2. The van der Waals surface area contributed by atoms with Crippen LogP contribution in [0.3, 0.4) is 0 Å². The highest BCUT2D eigenvalue weighted by Gasteiger charge is 2.03. The summed E-state index contributed by atoms with van der Waals surface area (Å²) in [5, 5.41) is 4.04. The zero-order chi connectivity index (χ0) is 12.5. The Morgan fingerprint density at radius 3 is 2.94 bits per heavy atom. The number of thioether (sulfide) groups is 1. The fourth-order valence-electron chi connectivity index (χ4n) is 1.40. The first kappa shape index (κ1) is 14.0. The van der Waals surface area contributed by atoms with Gasteiger partial charge in [0.15, 0.2) is 0 Å². The zero-order valence-corrected chi connectivity index (χ0v) is 11.2. The Kier molecular flexibility index (Phi) is 6.61. The first-order valence-corrected chi connectivity index (χ1v) is 6.94. The van der Waals surface area contributed by atoms with Gasteiger partial charge in [0.2, 0.25) is 0 Å². The van der Waals surface area contributed by atoms with Crippen molar-refractivity contribution in [2.75, 3.05) is 19.4 Å². The minimum Gasteiger partial charge on any atom is -0.481 e. The lowest BCUT2D eigenvalue weighted by molar-refractivity contribution is 0.365. The van der Waals surface area contributed by atoms with E-state index in [0.717, 1.165) is 24.4 Å². The second-order valence-electron chi connectivity index (χ2n) is 3.78. The molecule has 0 amide bonds. The molecule has 0 spiro atoms. The van der Waals surface area contributed by atoms with Crippen LogP contribution in [-0.2, 0) is 6.54 Å². The quantitative estimate of drug-likeness (QED) is 0.750. The van der Waals surface area contributed by atoms with Crippen LogP contribution in [0.5, 0.6) is 5.75 Å². The molecule has 1 aromatic carbocycles. The zero-order valence-electron chi connectivity index (χ0n) is 10.4. The van der Waals surface area contributed by atoms with Crippen LogP contribution in [0.1, 0.15) is 12.5 Å². The predicted molar refractivity (Wildman–Crippen MR) is 75.5 cm³/mol. The molecule has 1 unspecified atom stereocenters. The van der Waals surface area contributed by atoms with Gasteiger partial charge in [-0.05, 0) is 12.3 Å². The van der Waals surface area contributed by atoms with E-state index >= 15 is 0 Å². The van der Waals surface area contributed by atoms with E-state index in [1.165, 1.54) is 0 Å². The largest absolute Gasteiger partial charge is 0.481 e. The summed E-state index contributed by atoms with van der Waals surface area (Å²) >= 11 is 1.86. The smallest absolute Gasteiger partial charge is 0.148 e. The van der Waals surface area contributed by atoms with Crippen LogP contribution in [0.2, 0.25) is 0 Å². The normalized spacial score (nSPS) is 11.8. The molecule has 0 saturated carbocycles. The lowest BCUT2D eigenvalue weighted by Crippen LogP contribution is -2.22. The maximum atomic E-state index is 5.49. The summed E-state index contributed by atoms with van der Waals surface area (Å²) < 4.78 is 5.49. The lowest BCUT2D eigenvalue weighted by Gasteiger charge is -2.12. The number of benzene rings is 1. The van der Waals surface area contributed by atoms with Gasteiger partial charge in [-0.1, -0.05) is 31.0 Å². The van der Waals surface area contributed by atoms with Crippen LogP contribution < -0.4 is 10.1 Å². The molecule has 0 aliphatic heterocycles. The fourth-order valence-corrected chi connectivity index (χ4v) is 1.69. The molecular formula is C14H19NOS. The van der Waals surface area contributed by atoms with Crippen molar-refractivity contribution in [2.24, 2.45) is 0 Å². The van der Waals surface area contributed by atoms with Crippen LogP contribution in [0.4, 0.5) is 0 Å². The molecule has 0 aliphatic rings. The average molecular weight is 249 g/mol. The Labute approximate surface area is 108 Å². The fraction of sp³-hybridized carbons (Fsp3) is 0.429. The van der Waals surface area contributed by atoms with Crippen LogP contribution in [0.15, 0.2) is 24.3 Å². The first-order valence-electron chi connectivity index (χ1n) is 5.65. The summed E-state index contributed by atoms with van der Waals surface area (Å²) in [6.45, 7) is 4.33. The molecule has 1 N–H and O–H groups in total. The van der Waals surface area contributed by atoms with Crippen LogP contribution in [0.25, 0.3) is 0 Å². The molecule has 0 aliphatic carbocycles. The highest BCUT2D eigenvalue weighted by Crippen LogP contribution is 2.17. The standard InChI is InChI=1S/C14H19NOS/c1-4-9-16-14-8-6-5-7-13(14)11-15-10-12(2)17-3/h1,5-8,12,15H,9-11H2,2-3H3. The summed E-state index contributed by atoms with van der Waals surface area (Å²) in [4.78, 5) is 0. The topological polar surface area (TPSA) is 21.3 Å². The van der Waals surface area contributed by atoms with Gasteiger partial charge in [0.25, 0.3) is 0 Å². The molecule has 3 heteroatoms. The summed E-state index contributed by atoms with van der Waals surface area (Å²) in [6, 6.07) is 7.98. The average Bonchev–Trinajstić information content (AvgIpc) is 2.37. The maximum Gasteiger partial charge on any atom is 0.148 e. The monoisotopic (exact) mass is 249 g/mol. The van der Waals surface area contributed by atoms with Crippen LogP contribution in [-0.4, -0.2) is 24.7 Å². The van der Waals surface area contributed by atoms with E-state index in [1.807, 2.05) is 30.0 Å².